The molecule has 1 atom stereocenters. The van der Waals surface area contributed by atoms with Gasteiger partial charge in [0.05, 0.1) is 10.6 Å². The molecule has 1 aliphatic rings. The first-order chi connectivity index (χ1) is 19.5. The van der Waals surface area contributed by atoms with E-state index in [1.807, 2.05) is 51.1 Å². The summed E-state index contributed by atoms with van der Waals surface area (Å²) < 4.78 is 30.2. The van der Waals surface area contributed by atoms with Gasteiger partial charge in [0.2, 0.25) is 11.8 Å². The molecule has 9 heteroatoms. The van der Waals surface area contributed by atoms with Crippen LogP contribution in [0.1, 0.15) is 54.9 Å². The maximum absolute atomic E-state index is 14.1. The van der Waals surface area contributed by atoms with Gasteiger partial charge in [0.1, 0.15) is 12.6 Å². The predicted octanol–water partition coefficient (Wildman–Crippen LogP) is 6.05. The largest absolute Gasteiger partial charge is 0.352 e. The monoisotopic (exact) mass is 639 g/mol. The van der Waals surface area contributed by atoms with Crippen molar-refractivity contribution in [1.29, 1.82) is 0 Å². The summed E-state index contributed by atoms with van der Waals surface area (Å²) in [6, 6.07) is 18.9. The van der Waals surface area contributed by atoms with Gasteiger partial charge in [-0.2, -0.15) is 0 Å². The van der Waals surface area contributed by atoms with Crippen LogP contribution >= 0.6 is 15.9 Å². The molecule has 0 aliphatic heterocycles. The van der Waals surface area contributed by atoms with E-state index in [9.17, 15) is 18.0 Å². The van der Waals surface area contributed by atoms with Crippen LogP contribution in [0.3, 0.4) is 0 Å². The minimum Gasteiger partial charge on any atom is -0.352 e. The molecule has 0 bridgehead atoms. The Bertz CT molecular complexity index is 1480. The number of carbonyl (C=O) groups excluding carboxylic acids is 2. The molecule has 0 saturated heterocycles. The summed E-state index contributed by atoms with van der Waals surface area (Å²) in [5.74, 6) is -0.694. The van der Waals surface area contributed by atoms with E-state index in [0.29, 0.717) is 5.69 Å². The van der Waals surface area contributed by atoms with Crippen LogP contribution in [-0.2, 0) is 26.2 Å². The van der Waals surface area contributed by atoms with E-state index < -0.39 is 28.5 Å². The van der Waals surface area contributed by atoms with Crippen LogP contribution < -0.4 is 9.62 Å². The predicted molar refractivity (Wildman–Crippen MR) is 166 cm³/mol. The van der Waals surface area contributed by atoms with Gasteiger partial charge in [-0.3, -0.25) is 13.9 Å². The first-order valence-corrected chi connectivity index (χ1v) is 16.2. The first kappa shape index (κ1) is 30.8. The van der Waals surface area contributed by atoms with Crippen LogP contribution in [0.2, 0.25) is 0 Å². The van der Waals surface area contributed by atoms with Crippen molar-refractivity contribution in [2.24, 2.45) is 0 Å². The number of rotatable bonds is 10. The number of sulfonamides is 1. The fraction of sp³-hybridized carbons (Fsp3) is 0.375. The van der Waals surface area contributed by atoms with Gasteiger partial charge in [-0.25, -0.2) is 8.42 Å². The normalized spacial score (nSPS) is 14.5. The third kappa shape index (κ3) is 7.38. The Labute approximate surface area is 252 Å². The Balaban J connectivity index is 1.71. The summed E-state index contributed by atoms with van der Waals surface area (Å²) in [6.07, 6.45) is 3.99. The van der Waals surface area contributed by atoms with Gasteiger partial charge in [0.25, 0.3) is 10.0 Å². The highest BCUT2D eigenvalue weighted by Crippen LogP contribution is 2.29. The van der Waals surface area contributed by atoms with Gasteiger partial charge in [0.15, 0.2) is 0 Å². The van der Waals surface area contributed by atoms with Crippen molar-refractivity contribution in [2.45, 2.75) is 76.9 Å². The van der Waals surface area contributed by atoms with Gasteiger partial charge in [0, 0.05) is 17.1 Å². The third-order valence-electron chi connectivity index (χ3n) is 7.87. The molecule has 3 aromatic rings. The van der Waals surface area contributed by atoms with Crippen LogP contribution in [0.5, 0.6) is 0 Å². The molecule has 4 rings (SSSR count). The van der Waals surface area contributed by atoms with E-state index in [1.54, 1.807) is 43.3 Å². The lowest BCUT2D eigenvalue weighted by Crippen LogP contribution is -2.52. The van der Waals surface area contributed by atoms with Crippen LogP contribution in [0, 0.1) is 20.8 Å². The average molecular weight is 641 g/mol. The van der Waals surface area contributed by atoms with E-state index >= 15 is 0 Å². The van der Waals surface area contributed by atoms with Crippen molar-refractivity contribution < 1.29 is 18.0 Å². The maximum Gasteiger partial charge on any atom is 0.264 e. The van der Waals surface area contributed by atoms with Gasteiger partial charge in [-0.1, -0.05) is 70.7 Å². The van der Waals surface area contributed by atoms with Crippen molar-refractivity contribution in [1.82, 2.24) is 10.2 Å². The number of amides is 2. The van der Waals surface area contributed by atoms with Crippen LogP contribution in [-0.4, -0.2) is 43.8 Å². The number of halogens is 1. The number of hydrogen-bond donors (Lipinski definition) is 1. The molecule has 41 heavy (non-hydrogen) atoms. The molecule has 0 heterocycles. The molecule has 1 aliphatic carbocycles. The fourth-order valence-electron chi connectivity index (χ4n) is 5.12. The number of carbonyl (C=O) groups is 2. The van der Waals surface area contributed by atoms with Crippen LogP contribution in [0.4, 0.5) is 5.69 Å². The SMILES string of the molecule is Cc1ccc(S(=O)(=O)N(CC(=O)N(Cc2ccc(Br)cc2)C(C)C(=O)NC2CCCC2)c2cccc(C)c2C)cc1. The van der Waals surface area contributed by atoms with E-state index in [4.69, 9.17) is 0 Å². The molecular weight excluding hydrogens is 602 g/mol. The highest BCUT2D eigenvalue weighted by molar-refractivity contribution is 9.10. The number of benzene rings is 3. The quantitative estimate of drug-likeness (QED) is 0.293. The molecule has 0 radical (unpaired) electrons. The Morgan fingerprint density at radius 3 is 2.22 bits per heavy atom. The van der Waals surface area contributed by atoms with E-state index in [1.165, 1.54) is 9.21 Å². The van der Waals surface area contributed by atoms with Gasteiger partial charge < -0.3 is 10.2 Å². The molecule has 1 saturated carbocycles. The number of nitrogens with one attached hydrogen (secondary N) is 1. The van der Waals surface area contributed by atoms with E-state index in [0.717, 1.165) is 52.4 Å². The van der Waals surface area contributed by atoms with Crippen molar-refractivity contribution in [2.75, 3.05) is 10.8 Å². The average Bonchev–Trinajstić information content (AvgIpc) is 3.46. The summed E-state index contributed by atoms with van der Waals surface area (Å²) in [7, 11) is -4.10. The molecule has 0 spiro atoms. The molecule has 3 aromatic carbocycles. The second-order valence-corrected chi connectivity index (χ2v) is 13.6. The number of aryl methyl sites for hydroxylation is 2. The Hall–Kier alpha value is -3.17. The summed E-state index contributed by atoms with van der Waals surface area (Å²) in [4.78, 5) is 29.1. The zero-order chi connectivity index (χ0) is 29.7. The van der Waals surface area contributed by atoms with Crippen molar-refractivity contribution >= 4 is 43.5 Å². The third-order valence-corrected chi connectivity index (χ3v) is 10.2. The highest BCUT2D eigenvalue weighted by Gasteiger charge is 2.34. The maximum atomic E-state index is 14.1. The molecule has 218 valence electrons. The van der Waals surface area contributed by atoms with Gasteiger partial charge in [-0.15, -0.1) is 0 Å². The fourth-order valence-corrected chi connectivity index (χ4v) is 6.85. The van der Waals surface area contributed by atoms with E-state index in [2.05, 4.69) is 21.2 Å². The Morgan fingerprint density at radius 1 is 0.951 bits per heavy atom. The molecule has 0 aromatic heterocycles. The molecule has 1 unspecified atom stereocenters. The molecule has 7 nitrogen and oxygen atoms in total. The van der Waals surface area contributed by atoms with Gasteiger partial charge in [-0.05, 0) is 87.6 Å². The minimum atomic E-state index is -4.10. The highest BCUT2D eigenvalue weighted by atomic mass is 79.9. The van der Waals surface area contributed by atoms with Gasteiger partial charge >= 0.3 is 0 Å². The molecule has 2 amide bonds. The van der Waals surface area contributed by atoms with Crippen molar-refractivity contribution in [3.05, 3.63) is 93.5 Å². The summed E-state index contributed by atoms with van der Waals surface area (Å²) in [5.41, 5.74) is 3.88. The molecular formula is C32H38BrN3O4S. The minimum absolute atomic E-state index is 0.0999. The van der Waals surface area contributed by atoms with Crippen molar-refractivity contribution in [3.63, 3.8) is 0 Å². The molecule has 1 fully saturated rings. The zero-order valence-electron chi connectivity index (χ0n) is 24.1. The second-order valence-electron chi connectivity index (χ2n) is 10.9. The zero-order valence-corrected chi connectivity index (χ0v) is 26.5. The first-order valence-electron chi connectivity index (χ1n) is 14.0. The lowest BCUT2D eigenvalue weighted by molar-refractivity contribution is -0.139. The second kappa shape index (κ2) is 13.2. The lowest BCUT2D eigenvalue weighted by Gasteiger charge is -2.33. The van der Waals surface area contributed by atoms with Crippen molar-refractivity contribution in [3.8, 4) is 0 Å². The topological polar surface area (TPSA) is 86.8 Å². The standard InChI is InChI=1S/C32H38BrN3O4S/c1-22-12-18-29(19-13-22)41(39,40)36(30-11-7-8-23(2)24(30)3)21-31(37)35(20-26-14-16-27(33)17-15-26)25(4)32(38)34-28-9-5-6-10-28/h7-8,11-19,25,28H,5-6,9-10,20-21H2,1-4H3,(H,34,38). The van der Waals surface area contributed by atoms with Crippen LogP contribution in [0.25, 0.3) is 0 Å². The lowest BCUT2D eigenvalue weighted by atomic mass is 10.1. The molecule has 1 N–H and O–H groups in total. The van der Waals surface area contributed by atoms with Crippen LogP contribution in [0.15, 0.2) is 76.1 Å². The number of hydrogen-bond acceptors (Lipinski definition) is 4. The Kier molecular flexibility index (Phi) is 9.92. The van der Waals surface area contributed by atoms with E-state index in [-0.39, 0.29) is 23.4 Å². The number of nitrogens with zero attached hydrogens (tertiary/aromatic N) is 2. The summed E-state index contributed by atoms with van der Waals surface area (Å²) in [6.45, 7) is 7.07. The number of anilines is 1. The smallest absolute Gasteiger partial charge is 0.264 e. The summed E-state index contributed by atoms with van der Waals surface area (Å²) >= 11 is 3.44. The Morgan fingerprint density at radius 2 is 1.59 bits per heavy atom. The summed E-state index contributed by atoms with van der Waals surface area (Å²) in [5, 5.41) is 3.10.